The maximum Gasteiger partial charge on any atom is 0.419 e. The lowest BCUT2D eigenvalue weighted by atomic mass is 10.1. The maximum atomic E-state index is 13.8. The van der Waals surface area contributed by atoms with Gasteiger partial charge in [-0.05, 0) is 25.0 Å². The summed E-state index contributed by atoms with van der Waals surface area (Å²) in [6.07, 6.45) is -0.738. The fraction of sp³-hybridized carbons (Fsp3) is 0.400. The molecule has 6 heteroatoms. The Morgan fingerprint density at radius 1 is 1.33 bits per heavy atom. The Kier molecular flexibility index (Phi) is 5.77. The van der Waals surface area contributed by atoms with Crippen LogP contribution in [0.2, 0.25) is 0 Å². The smallest absolute Gasteiger partial charge is 0.358 e. The van der Waals surface area contributed by atoms with Gasteiger partial charge in [0.15, 0.2) is 5.82 Å². The van der Waals surface area contributed by atoms with Crippen LogP contribution in [0, 0.1) is 17.1 Å². The zero-order chi connectivity index (χ0) is 16.0. The number of hydrogen-bond donors (Lipinski definition) is 1. The van der Waals surface area contributed by atoms with Gasteiger partial charge in [-0.3, -0.25) is 0 Å². The average Bonchev–Trinajstić information content (AvgIpc) is 2.38. The Balaban J connectivity index is 3.24. The third-order valence-corrected chi connectivity index (χ3v) is 2.82. The van der Waals surface area contributed by atoms with Crippen molar-refractivity contribution in [3.8, 4) is 6.07 Å². The van der Waals surface area contributed by atoms with Crippen LogP contribution in [0.4, 0.5) is 23.2 Å². The quantitative estimate of drug-likeness (QED) is 0.756. The molecule has 0 saturated carbocycles. The molecule has 21 heavy (non-hydrogen) atoms. The summed E-state index contributed by atoms with van der Waals surface area (Å²) in [6.45, 7) is 3.86. The average molecular weight is 300 g/mol. The second-order valence-electron chi connectivity index (χ2n) is 4.47. The SMILES string of the molecule is CC/C=C(/CCC)Nc1ccc(C(F)(F)F)c(F)c1C#N. The maximum absolute atomic E-state index is 13.8. The van der Waals surface area contributed by atoms with Gasteiger partial charge in [0.1, 0.15) is 11.6 Å². The van der Waals surface area contributed by atoms with Crippen LogP contribution in [0.5, 0.6) is 0 Å². The molecule has 1 N–H and O–H groups in total. The molecule has 0 unspecified atom stereocenters. The number of allylic oxidation sites excluding steroid dienone is 2. The van der Waals surface area contributed by atoms with E-state index in [4.69, 9.17) is 5.26 Å². The molecule has 0 heterocycles. The van der Waals surface area contributed by atoms with Crippen LogP contribution in [0.3, 0.4) is 0 Å². The van der Waals surface area contributed by atoms with Crippen molar-refractivity contribution in [3.63, 3.8) is 0 Å². The van der Waals surface area contributed by atoms with E-state index in [-0.39, 0.29) is 5.69 Å². The molecule has 114 valence electrons. The molecule has 1 aromatic rings. The monoisotopic (exact) mass is 300 g/mol. The molecule has 0 aromatic heterocycles. The van der Waals surface area contributed by atoms with Crippen LogP contribution < -0.4 is 5.32 Å². The highest BCUT2D eigenvalue weighted by Crippen LogP contribution is 2.35. The van der Waals surface area contributed by atoms with E-state index < -0.39 is 23.1 Å². The van der Waals surface area contributed by atoms with E-state index in [2.05, 4.69) is 5.32 Å². The van der Waals surface area contributed by atoms with E-state index in [1.165, 1.54) is 6.07 Å². The number of nitrogens with zero attached hydrogens (tertiary/aromatic N) is 1. The summed E-state index contributed by atoms with van der Waals surface area (Å²) in [6, 6.07) is 3.23. The van der Waals surface area contributed by atoms with Gasteiger partial charge in [-0.2, -0.15) is 18.4 Å². The molecule has 0 bridgehead atoms. The summed E-state index contributed by atoms with van der Waals surface area (Å²) >= 11 is 0. The first-order chi connectivity index (χ1) is 9.85. The molecular formula is C15H16F4N2. The molecule has 1 rings (SSSR count). The molecular weight excluding hydrogens is 284 g/mol. The van der Waals surface area contributed by atoms with Crippen LogP contribution in [0.1, 0.15) is 44.2 Å². The normalized spacial score (nSPS) is 12.1. The Morgan fingerprint density at radius 3 is 2.48 bits per heavy atom. The second kappa shape index (κ2) is 7.11. The summed E-state index contributed by atoms with van der Waals surface area (Å²) in [4.78, 5) is 0. The lowest BCUT2D eigenvalue weighted by Gasteiger charge is -2.15. The predicted molar refractivity (Wildman–Crippen MR) is 73.0 cm³/mol. The van der Waals surface area contributed by atoms with Gasteiger partial charge < -0.3 is 5.32 Å². The number of nitriles is 1. The summed E-state index contributed by atoms with van der Waals surface area (Å²) < 4.78 is 51.7. The van der Waals surface area contributed by atoms with Gasteiger partial charge in [0.25, 0.3) is 0 Å². The molecule has 0 atom stereocenters. The van der Waals surface area contributed by atoms with Crippen LogP contribution in [-0.2, 0) is 6.18 Å². The molecule has 0 fully saturated rings. The van der Waals surface area contributed by atoms with Gasteiger partial charge in [0.2, 0.25) is 0 Å². The zero-order valence-electron chi connectivity index (χ0n) is 11.8. The van der Waals surface area contributed by atoms with Crippen molar-refractivity contribution in [2.24, 2.45) is 0 Å². The first kappa shape index (κ1) is 17.0. The van der Waals surface area contributed by atoms with Gasteiger partial charge in [-0.25, -0.2) is 4.39 Å². The topological polar surface area (TPSA) is 35.8 Å². The zero-order valence-corrected chi connectivity index (χ0v) is 11.8. The van der Waals surface area contributed by atoms with Gasteiger partial charge in [0.05, 0.1) is 11.3 Å². The fourth-order valence-electron chi connectivity index (χ4n) is 1.91. The van der Waals surface area contributed by atoms with Gasteiger partial charge >= 0.3 is 6.18 Å². The summed E-state index contributed by atoms with van der Waals surface area (Å²) in [7, 11) is 0. The third kappa shape index (κ3) is 4.22. The highest BCUT2D eigenvalue weighted by molar-refractivity contribution is 5.62. The Morgan fingerprint density at radius 2 is 2.00 bits per heavy atom. The number of alkyl halides is 3. The van der Waals surface area contributed by atoms with Crippen molar-refractivity contribution in [2.45, 2.75) is 39.3 Å². The Bertz CT molecular complexity index is 568. The number of anilines is 1. The number of nitrogens with one attached hydrogen (secondary N) is 1. The minimum atomic E-state index is -4.82. The van der Waals surface area contributed by atoms with Gasteiger partial charge in [-0.15, -0.1) is 0 Å². The van der Waals surface area contributed by atoms with E-state index >= 15 is 0 Å². The molecule has 0 aliphatic rings. The highest BCUT2D eigenvalue weighted by Gasteiger charge is 2.35. The molecule has 0 aliphatic heterocycles. The molecule has 0 aliphatic carbocycles. The van der Waals surface area contributed by atoms with Crippen LogP contribution in [-0.4, -0.2) is 0 Å². The van der Waals surface area contributed by atoms with E-state index in [1.807, 2.05) is 19.9 Å². The molecule has 0 saturated heterocycles. The predicted octanol–water partition coefficient (Wildman–Crippen LogP) is 5.22. The minimum absolute atomic E-state index is 0.0520. The fourth-order valence-corrected chi connectivity index (χ4v) is 1.91. The van der Waals surface area contributed by atoms with Crippen molar-refractivity contribution < 1.29 is 17.6 Å². The minimum Gasteiger partial charge on any atom is -0.358 e. The van der Waals surface area contributed by atoms with E-state index in [1.54, 1.807) is 0 Å². The van der Waals surface area contributed by atoms with Crippen molar-refractivity contribution in [2.75, 3.05) is 5.32 Å². The number of halogens is 4. The van der Waals surface area contributed by atoms with Crippen molar-refractivity contribution in [3.05, 3.63) is 40.8 Å². The first-order valence-electron chi connectivity index (χ1n) is 6.60. The van der Waals surface area contributed by atoms with Gasteiger partial charge in [-0.1, -0.05) is 26.3 Å². The second-order valence-corrected chi connectivity index (χ2v) is 4.47. The Labute approximate surface area is 121 Å². The van der Waals surface area contributed by atoms with Crippen LogP contribution in [0.25, 0.3) is 0 Å². The number of rotatable bonds is 5. The van der Waals surface area contributed by atoms with E-state index in [9.17, 15) is 17.6 Å². The number of hydrogen-bond acceptors (Lipinski definition) is 2. The van der Waals surface area contributed by atoms with Crippen molar-refractivity contribution in [1.82, 2.24) is 0 Å². The summed E-state index contributed by atoms with van der Waals surface area (Å²) in [5.41, 5.74) is -1.24. The molecule has 0 spiro atoms. The molecule has 0 radical (unpaired) electrons. The molecule has 1 aromatic carbocycles. The first-order valence-corrected chi connectivity index (χ1v) is 6.60. The van der Waals surface area contributed by atoms with Crippen molar-refractivity contribution >= 4 is 5.69 Å². The summed E-state index contributed by atoms with van der Waals surface area (Å²) in [5, 5.41) is 11.8. The number of benzene rings is 1. The summed E-state index contributed by atoms with van der Waals surface area (Å²) in [5.74, 6) is -1.54. The van der Waals surface area contributed by atoms with Gasteiger partial charge in [0, 0.05) is 5.70 Å². The highest BCUT2D eigenvalue weighted by atomic mass is 19.4. The van der Waals surface area contributed by atoms with Crippen molar-refractivity contribution in [1.29, 1.82) is 5.26 Å². The van der Waals surface area contributed by atoms with Crippen LogP contribution >= 0.6 is 0 Å². The van der Waals surface area contributed by atoms with E-state index in [0.29, 0.717) is 12.5 Å². The standard InChI is InChI=1S/C15H16F4N2/c1-3-5-10(6-4-2)21-13-8-7-12(15(17,18)19)14(16)11(13)9-20/h5,7-8,21H,3-4,6H2,1-2H3/b10-5-. The Hall–Kier alpha value is -2.03. The molecule has 2 nitrogen and oxygen atoms in total. The van der Waals surface area contributed by atoms with E-state index in [0.717, 1.165) is 24.6 Å². The molecule has 0 amide bonds. The third-order valence-electron chi connectivity index (χ3n) is 2.82. The lowest BCUT2D eigenvalue weighted by molar-refractivity contribution is -0.140. The lowest BCUT2D eigenvalue weighted by Crippen LogP contribution is -2.11. The van der Waals surface area contributed by atoms with Crippen LogP contribution in [0.15, 0.2) is 23.9 Å². The largest absolute Gasteiger partial charge is 0.419 e.